The third-order valence-electron chi connectivity index (χ3n) is 6.02. The molecular weight excluding hydrogens is 927 g/mol. The van der Waals surface area contributed by atoms with Crippen LogP contribution in [-0.4, -0.2) is 79.6 Å². The van der Waals surface area contributed by atoms with Crippen LogP contribution in [0, 0.1) is 20.2 Å². The van der Waals surface area contributed by atoms with Crippen molar-refractivity contribution < 1.29 is 54.2 Å². The minimum Gasteiger partial charge on any atom is -0.443 e. The van der Waals surface area contributed by atoms with Gasteiger partial charge in [-0.05, 0) is 47.1 Å². The van der Waals surface area contributed by atoms with Crippen LogP contribution in [0.3, 0.4) is 0 Å². The number of thioether (sulfide) groups is 1. The van der Waals surface area contributed by atoms with E-state index in [9.17, 15) is 55.1 Å². The van der Waals surface area contributed by atoms with E-state index in [1.54, 1.807) is 20.8 Å². The molecule has 0 unspecified atom stereocenters. The molecule has 2 heterocycles. The van der Waals surface area contributed by atoms with Crippen molar-refractivity contribution in [3.63, 3.8) is 0 Å². The van der Waals surface area contributed by atoms with Gasteiger partial charge in [-0.15, -0.1) is 11.8 Å². The van der Waals surface area contributed by atoms with E-state index in [4.69, 9.17) is 20.2 Å². The van der Waals surface area contributed by atoms with E-state index in [1.165, 1.54) is 37.9 Å². The van der Waals surface area contributed by atoms with Gasteiger partial charge in [0.15, 0.2) is 4.90 Å². The summed E-state index contributed by atoms with van der Waals surface area (Å²) >= 11 is 2.59. The smallest absolute Gasteiger partial charge is 0.424 e. The van der Waals surface area contributed by atoms with Gasteiger partial charge in [0.05, 0.1) is 35.4 Å². The van der Waals surface area contributed by atoms with Crippen molar-refractivity contribution in [1.29, 1.82) is 0 Å². The first-order valence-corrected chi connectivity index (χ1v) is 25.0. The number of sulfonamides is 2. The van der Waals surface area contributed by atoms with Crippen LogP contribution >= 0.6 is 66.8 Å². The molecular formula is C29H37Cl3N4O14S6. The minimum atomic E-state index is -4.55. The first-order chi connectivity index (χ1) is 25.4. The van der Waals surface area contributed by atoms with Crippen LogP contribution in [0.2, 0.25) is 0 Å². The minimum absolute atomic E-state index is 0.0847. The van der Waals surface area contributed by atoms with Crippen LogP contribution in [0.4, 0.5) is 19.6 Å². The van der Waals surface area contributed by atoms with E-state index < -0.39 is 78.8 Å². The molecule has 0 spiro atoms. The van der Waals surface area contributed by atoms with Crippen molar-refractivity contribution >= 4 is 118 Å². The molecule has 2 aromatic heterocycles. The van der Waals surface area contributed by atoms with Crippen LogP contribution in [0.1, 0.15) is 58.2 Å². The lowest BCUT2D eigenvalue weighted by atomic mass is 10.2. The van der Waals surface area contributed by atoms with Crippen molar-refractivity contribution in [2.75, 3.05) is 12.5 Å². The molecule has 2 amide bonds. The van der Waals surface area contributed by atoms with Crippen LogP contribution in [0.25, 0.3) is 0 Å². The van der Waals surface area contributed by atoms with Gasteiger partial charge in [-0.3, -0.25) is 20.2 Å². The highest BCUT2D eigenvalue weighted by Gasteiger charge is 2.36. The zero-order chi connectivity index (χ0) is 43.6. The summed E-state index contributed by atoms with van der Waals surface area (Å²) in [4.78, 5) is 45.0. The lowest BCUT2D eigenvalue weighted by Gasteiger charge is -2.25. The van der Waals surface area contributed by atoms with Crippen molar-refractivity contribution in [3.8, 4) is 0 Å². The standard InChI is InChI=1S/C18H22N2O6S3.C11H15ClN2O8S3.Cl2/c1-18(2,3)26-17(21)19(29(4,24)25)10-14-12-28-16(20(22)23)15(14)27-11-13-8-6-5-7-9-13;1-11(2,3)22-10(15)13(24(4,18)19)5-7-6-23-9(14(16)17)8(7)25(12,20)21;1-2/h5-9,12H,10-11H2,1-4H3;6H,5H2,1-4H3;. The Morgan fingerprint density at radius 3 is 1.52 bits per heavy atom. The Labute approximate surface area is 350 Å². The van der Waals surface area contributed by atoms with Crippen LogP contribution in [0.15, 0.2) is 50.9 Å². The number of benzene rings is 1. The monoisotopic (exact) mass is 962 g/mol. The summed E-state index contributed by atoms with van der Waals surface area (Å²) in [7, 11) is 0.803. The summed E-state index contributed by atoms with van der Waals surface area (Å²) in [6.45, 7) is 8.29. The van der Waals surface area contributed by atoms with Gasteiger partial charge >= 0.3 is 22.2 Å². The number of ether oxygens (including phenoxy) is 2. The van der Waals surface area contributed by atoms with E-state index in [0.29, 0.717) is 38.1 Å². The Bertz CT molecular complexity index is 2200. The molecule has 3 aromatic rings. The SMILES string of the molecule is CC(C)(C)OC(=O)N(Cc1csc([N+](=O)[O-])c1S(=O)(=O)Cl)S(C)(=O)=O.CC(C)(C)OC(=O)N(Cc1csc([N+](=O)[O-])c1SCc1ccccc1)S(C)(=O)=O.ClCl. The van der Waals surface area contributed by atoms with Gasteiger partial charge in [0.25, 0.3) is 9.05 Å². The molecule has 0 fully saturated rings. The molecule has 0 aliphatic rings. The summed E-state index contributed by atoms with van der Waals surface area (Å²) in [5, 5.41) is 24.1. The molecule has 3 rings (SSSR count). The van der Waals surface area contributed by atoms with Gasteiger partial charge in [-0.2, -0.15) is 0 Å². The number of carbonyl (C=O) groups is 2. The Balaban J connectivity index is 0.000000542. The summed E-state index contributed by atoms with van der Waals surface area (Å²) in [6, 6.07) is 9.40. The summed E-state index contributed by atoms with van der Waals surface area (Å²) in [5.41, 5.74) is -0.842. The fraction of sp³-hybridized carbons (Fsp3) is 0.448. The summed E-state index contributed by atoms with van der Waals surface area (Å²) < 4.78 is 82.5. The van der Waals surface area contributed by atoms with Gasteiger partial charge in [0, 0.05) is 60.0 Å². The number of thiophene rings is 2. The Morgan fingerprint density at radius 2 is 1.14 bits per heavy atom. The number of nitro groups is 2. The van der Waals surface area contributed by atoms with E-state index in [0.717, 1.165) is 28.5 Å². The molecule has 0 aliphatic carbocycles. The first kappa shape index (κ1) is 51.0. The molecule has 56 heavy (non-hydrogen) atoms. The molecule has 314 valence electrons. The largest absolute Gasteiger partial charge is 0.443 e. The maximum Gasteiger partial charge on any atom is 0.424 e. The fourth-order valence-electron chi connectivity index (χ4n) is 3.93. The highest BCUT2D eigenvalue weighted by Crippen LogP contribution is 2.41. The second-order valence-electron chi connectivity index (χ2n) is 13.0. The summed E-state index contributed by atoms with van der Waals surface area (Å²) in [5.74, 6) is 0.469. The van der Waals surface area contributed by atoms with Crippen LogP contribution in [0.5, 0.6) is 0 Å². The van der Waals surface area contributed by atoms with E-state index in [2.05, 4.69) is 21.7 Å². The molecule has 1 aromatic carbocycles. The third-order valence-corrected chi connectivity index (χ3v) is 13.0. The molecule has 0 N–H and O–H groups in total. The van der Waals surface area contributed by atoms with Gasteiger partial charge in [-0.1, -0.05) is 53.0 Å². The summed E-state index contributed by atoms with van der Waals surface area (Å²) in [6.07, 6.45) is -0.657. The number of carbonyl (C=O) groups excluding carboxylic acids is 2. The lowest BCUT2D eigenvalue weighted by Crippen LogP contribution is -2.39. The Kier molecular flexibility index (Phi) is 18.8. The van der Waals surface area contributed by atoms with Gasteiger partial charge < -0.3 is 9.47 Å². The van der Waals surface area contributed by atoms with Crippen molar-refractivity contribution in [2.45, 2.75) is 81.4 Å². The lowest BCUT2D eigenvalue weighted by molar-refractivity contribution is -0.383. The normalized spacial score (nSPS) is 11.9. The predicted molar refractivity (Wildman–Crippen MR) is 216 cm³/mol. The van der Waals surface area contributed by atoms with Crippen molar-refractivity contribution in [2.24, 2.45) is 0 Å². The van der Waals surface area contributed by atoms with Gasteiger partial charge in [0.1, 0.15) is 16.1 Å². The number of hydrogen-bond donors (Lipinski definition) is 0. The molecule has 0 bridgehead atoms. The molecule has 0 saturated heterocycles. The van der Waals surface area contributed by atoms with Gasteiger partial charge in [-0.25, -0.2) is 43.5 Å². The van der Waals surface area contributed by atoms with E-state index in [-0.39, 0.29) is 21.4 Å². The zero-order valence-electron chi connectivity index (χ0n) is 30.8. The third kappa shape index (κ3) is 16.5. The molecule has 0 atom stereocenters. The molecule has 0 aliphatic heterocycles. The highest BCUT2D eigenvalue weighted by atomic mass is 36.5. The van der Waals surface area contributed by atoms with Crippen molar-refractivity contribution in [1.82, 2.24) is 8.61 Å². The predicted octanol–water partition coefficient (Wildman–Crippen LogP) is 8.30. The van der Waals surface area contributed by atoms with Gasteiger partial charge in [0.2, 0.25) is 20.0 Å². The number of rotatable bonds is 12. The quantitative estimate of drug-likeness (QED) is 0.0716. The van der Waals surface area contributed by atoms with Crippen LogP contribution < -0.4 is 0 Å². The molecule has 27 heteroatoms. The van der Waals surface area contributed by atoms with Crippen molar-refractivity contribution in [3.05, 3.63) is 78.0 Å². The average Bonchev–Trinajstić information content (AvgIpc) is 3.65. The maximum atomic E-state index is 12.4. The average molecular weight is 964 g/mol. The Hall–Kier alpha value is -2.97. The number of halogens is 3. The molecule has 0 radical (unpaired) electrons. The number of hydrogen-bond acceptors (Lipinski definition) is 17. The highest BCUT2D eigenvalue weighted by molar-refractivity contribution is 8.14. The zero-order valence-corrected chi connectivity index (χ0v) is 37.9. The second-order valence-corrected chi connectivity index (χ2v) is 22.0. The number of nitrogens with zero attached hydrogens (tertiary/aromatic N) is 4. The van der Waals surface area contributed by atoms with E-state index in [1.807, 2.05) is 30.3 Å². The number of amides is 2. The fourth-order valence-corrected chi connectivity index (χ4v) is 10.2. The molecule has 0 saturated carbocycles. The molecule has 18 nitrogen and oxygen atoms in total. The maximum absolute atomic E-state index is 12.4. The first-order valence-electron chi connectivity index (χ1n) is 15.1. The second kappa shape index (κ2) is 20.6. The van der Waals surface area contributed by atoms with Crippen LogP contribution in [-0.2, 0) is 57.4 Å². The Morgan fingerprint density at radius 1 is 0.750 bits per heavy atom. The topological polar surface area (TPSA) is 248 Å². The van der Waals surface area contributed by atoms with E-state index >= 15 is 0 Å².